The smallest absolute Gasteiger partial charge is 0.302 e. The molecule has 3 rings (SSSR count). The number of carbonyl (C=O) groups excluding carboxylic acids is 2. The Morgan fingerprint density at radius 2 is 1.24 bits per heavy atom. The first-order chi connectivity index (χ1) is 14.1. The lowest BCUT2D eigenvalue weighted by atomic mass is 10.1. The van der Waals surface area contributed by atoms with Crippen LogP contribution in [0.1, 0.15) is 51.9 Å². The summed E-state index contributed by atoms with van der Waals surface area (Å²) in [6.45, 7) is 11.8. The summed E-state index contributed by atoms with van der Waals surface area (Å²) in [4.78, 5) is 33.4. The topological polar surface area (TPSA) is 56.3 Å². The number of esters is 1. The molecule has 7 nitrogen and oxygen atoms in total. The Labute approximate surface area is 176 Å². The molecule has 3 heterocycles. The molecule has 0 N–H and O–H groups in total. The summed E-state index contributed by atoms with van der Waals surface area (Å²) in [6, 6.07) is 0. The van der Waals surface area contributed by atoms with Crippen molar-refractivity contribution in [3.63, 3.8) is 0 Å². The van der Waals surface area contributed by atoms with Crippen molar-refractivity contribution in [2.75, 3.05) is 72.0 Å². The van der Waals surface area contributed by atoms with Crippen LogP contribution in [0.15, 0.2) is 0 Å². The average Bonchev–Trinajstić information content (AvgIpc) is 2.73. The Morgan fingerprint density at radius 1 is 0.724 bits per heavy atom. The monoisotopic (exact) mass is 408 g/mol. The van der Waals surface area contributed by atoms with Crippen molar-refractivity contribution in [3.05, 3.63) is 0 Å². The van der Waals surface area contributed by atoms with Gasteiger partial charge in [-0.2, -0.15) is 0 Å². The summed E-state index contributed by atoms with van der Waals surface area (Å²) in [6.07, 6.45) is 8.23. The first kappa shape index (κ1) is 22.5. The minimum atomic E-state index is -0.196. The van der Waals surface area contributed by atoms with Gasteiger partial charge in [-0.3, -0.25) is 19.4 Å². The molecular formula is C22H40N4O3. The third kappa shape index (κ3) is 7.87. The van der Waals surface area contributed by atoms with Crippen LogP contribution in [-0.2, 0) is 14.3 Å². The fraction of sp³-hybridized carbons (Fsp3) is 0.909. The van der Waals surface area contributed by atoms with Gasteiger partial charge in [-0.05, 0) is 51.9 Å². The van der Waals surface area contributed by atoms with Gasteiger partial charge in [0.05, 0.1) is 0 Å². The molecule has 0 aromatic carbocycles. The lowest BCUT2D eigenvalue weighted by molar-refractivity contribution is -0.148. The molecule has 29 heavy (non-hydrogen) atoms. The van der Waals surface area contributed by atoms with Gasteiger partial charge in [0.15, 0.2) is 0 Å². The summed E-state index contributed by atoms with van der Waals surface area (Å²) < 4.78 is 5.63. The molecule has 0 radical (unpaired) electrons. The number of hydrogen-bond donors (Lipinski definition) is 0. The van der Waals surface area contributed by atoms with Crippen molar-refractivity contribution < 1.29 is 14.3 Å². The molecule has 166 valence electrons. The molecule has 3 saturated heterocycles. The molecule has 0 aliphatic carbocycles. The molecule has 0 aromatic heterocycles. The number of rotatable bonds is 8. The predicted octanol–water partition coefficient (Wildman–Crippen LogP) is 1.42. The molecular weight excluding hydrogens is 368 g/mol. The highest BCUT2D eigenvalue weighted by atomic mass is 16.5. The second-order valence-corrected chi connectivity index (χ2v) is 8.93. The molecule has 3 aliphatic heterocycles. The summed E-state index contributed by atoms with van der Waals surface area (Å²) in [7, 11) is 0. The average molecular weight is 409 g/mol. The van der Waals surface area contributed by atoms with E-state index in [1.54, 1.807) is 0 Å². The molecule has 0 spiro atoms. The number of nitrogens with zero attached hydrogens (tertiary/aromatic N) is 4. The van der Waals surface area contributed by atoms with E-state index in [1.165, 1.54) is 45.4 Å². The highest BCUT2D eigenvalue weighted by molar-refractivity contribution is 5.76. The number of amides is 1. The molecule has 3 aliphatic rings. The van der Waals surface area contributed by atoms with Gasteiger partial charge in [0.25, 0.3) is 0 Å². The molecule has 0 bridgehead atoms. The van der Waals surface area contributed by atoms with Gasteiger partial charge in [0.2, 0.25) is 5.91 Å². The van der Waals surface area contributed by atoms with E-state index in [0.29, 0.717) is 12.3 Å². The van der Waals surface area contributed by atoms with Crippen LogP contribution >= 0.6 is 0 Å². The van der Waals surface area contributed by atoms with Gasteiger partial charge < -0.3 is 14.5 Å². The van der Waals surface area contributed by atoms with Crippen molar-refractivity contribution >= 4 is 11.9 Å². The van der Waals surface area contributed by atoms with E-state index < -0.39 is 0 Å². The van der Waals surface area contributed by atoms with Crippen molar-refractivity contribution in [2.45, 2.75) is 58.0 Å². The van der Waals surface area contributed by atoms with Gasteiger partial charge in [0, 0.05) is 59.2 Å². The van der Waals surface area contributed by atoms with E-state index in [1.807, 2.05) is 4.90 Å². The van der Waals surface area contributed by atoms with Crippen LogP contribution in [0, 0.1) is 0 Å². The zero-order valence-electron chi connectivity index (χ0n) is 18.3. The maximum absolute atomic E-state index is 12.6. The van der Waals surface area contributed by atoms with Crippen LogP contribution in [-0.4, -0.2) is 110 Å². The third-order valence-electron chi connectivity index (χ3n) is 6.52. The van der Waals surface area contributed by atoms with E-state index in [4.69, 9.17) is 4.74 Å². The molecule has 1 amide bonds. The number of carbonyl (C=O) groups is 2. The maximum atomic E-state index is 12.6. The molecule has 1 atom stereocenters. The summed E-state index contributed by atoms with van der Waals surface area (Å²) in [5, 5.41) is 0. The summed E-state index contributed by atoms with van der Waals surface area (Å²) in [5.41, 5.74) is 0. The second kappa shape index (κ2) is 11.9. The second-order valence-electron chi connectivity index (χ2n) is 8.93. The zero-order valence-corrected chi connectivity index (χ0v) is 18.3. The molecule has 7 heteroatoms. The lowest BCUT2D eigenvalue weighted by Crippen LogP contribution is -2.52. The van der Waals surface area contributed by atoms with Crippen molar-refractivity contribution in [2.24, 2.45) is 0 Å². The third-order valence-corrected chi connectivity index (χ3v) is 6.52. The number of piperidine rings is 2. The first-order valence-electron chi connectivity index (χ1n) is 11.7. The fourth-order valence-corrected chi connectivity index (χ4v) is 4.86. The summed E-state index contributed by atoms with van der Waals surface area (Å²) >= 11 is 0. The van der Waals surface area contributed by atoms with E-state index in [2.05, 4.69) is 14.7 Å². The van der Waals surface area contributed by atoms with Crippen LogP contribution in [0.3, 0.4) is 0 Å². The van der Waals surface area contributed by atoms with E-state index in [9.17, 15) is 9.59 Å². The van der Waals surface area contributed by atoms with Gasteiger partial charge in [0.1, 0.15) is 6.10 Å². The van der Waals surface area contributed by atoms with Gasteiger partial charge in [-0.15, -0.1) is 0 Å². The van der Waals surface area contributed by atoms with Crippen LogP contribution in [0.2, 0.25) is 0 Å². The number of piperazine rings is 1. The minimum Gasteiger partial charge on any atom is -0.460 e. The highest BCUT2D eigenvalue weighted by Gasteiger charge is 2.26. The summed E-state index contributed by atoms with van der Waals surface area (Å²) in [5.74, 6) is 0.0959. The molecule has 3 fully saturated rings. The number of hydrogen-bond acceptors (Lipinski definition) is 6. The van der Waals surface area contributed by atoms with Gasteiger partial charge in [-0.25, -0.2) is 0 Å². The van der Waals surface area contributed by atoms with Crippen LogP contribution in [0.4, 0.5) is 0 Å². The normalized spacial score (nSPS) is 23.7. The quantitative estimate of drug-likeness (QED) is 0.567. The lowest BCUT2D eigenvalue weighted by Gasteiger charge is -2.38. The Balaban J connectivity index is 1.38. The first-order valence-corrected chi connectivity index (χ1v) is 11.7. The number of ether oxygens (including phenoxy) is 1. The molecule has 0 saturated carbocycles. The van der Waals surface area contributed by atoms with Crippen LogP contribution in [0.5, 0.6) is 0 Å². The van der Waals surface area contributed by atoms with Gasteiger partial charge in [-0.1, -0.05) is 12.8 Å². The van der Waals surface area contributed by atoms with E-state index >= 15 is 0 Å². The Kier molecular flexibility index (Phi) is 9.21. The Morgan fingerprint density at radius 3 is 1.79 bits per heavy atom. The highest BCUT2D eigenvalue weighted by Crippen LogP contribution is 2.13. The fourth-order valence-electron chi connectivity index (χ4n) is 4.86. The van der Waals surface area contributed by atoms with E-state index in [-0.39, 0.29) is 12.1 Å². The van der Waals surface area contributed by atoms with Crippen molar-refractivity contribution in [1.29, 1.82) is 0 Å². The SMILES string of the molecule is CC(=O)OC(CN1CCCCC1)CN1CCN(C(=O)CCN2CCCCC2)CC1. The maximum Gasteiger partial charge on any atom is 0.302 e. The van der Waals surface area contributed by atoms with Crippen LogP contribution < -0.4 is 0 Å². The van der Waals surface area contributed by atoms with E-state index in [0.717, 1.165) is 72.0 Å². The number of likely N-dealkylation sites (tertiary alicyclic amines) is 2. The zero-order chi connectivity index (χ0) is 20.5. The Hall–Kier alpha value is -1.18. The van der Waals surface area contributed by atoms with Crippen LogP contribution in [0.25, 0.3) is 0 Å². The van der Waals surface area contributed by atoms with Crippen molar-refractivity contribution in [1.82, 2.24) is 19.6 Å². The largest absolute Gasteiger partial charge is 0.460 e. The molecule has 1 unspecified atom stereocenters. The Bertz CT molecular complexity index is 510. The standard InChI is InChI=1S/C22H40N4O3/c1-20(27)29-21(18-24-11-6-3-7-12-24)19-25-14-16-26(17-15-25)22(28)8-13-23-9-4-2-5-10-23/h21H,2-19H2,1H3. The molecule has 0 aromatic rings. The minimum absolute atomic E-state index is 0.0769. The van der Waals surface area contributed by atoms with Crippen molar-refractivity contribution in [3.8, 4) is 0 Å². The predicted molar refractivity (Wildman–Crippen MR) is 114 cm³/mol. The van der Waals surface area contributed by atoms with Gasteiger partial charge >= 0.3 is 5.97 Å².